The predicted molar refractivity (Wildman–Crippen MR) is 265 cm³/mol. The molecule has 0 aromatic heterocycles. The zero-order valence-electron chi connectivity index (χ0n) is 40.9. The molecule has 0 aromatic rings. The second kappa shape index (κ2) is 50.8. The molecule has 0 saturated carbocycles. The molecule has 0 radical (unpaired) electrons. The van der Waals surface area contributed by atoms with E-state index in [1.54, 1.807) is 0 Å². The first-order chi connectivity index (χ1) is 30.5. The van der Waals surface area contributed by atoms with E-state index in [-0.39, 0.29) is 31.1 Å². The molecule has 6 heteroatoms. The van der Waals surface area contributed by atoms with E-state index in [0.717, 1.165) is 103 Å². The zero-order valence-corrected chi connectivity index (χ0v) is 40.9. The van der Waals surface area contributed by atoms with Gasteiger partial charge in [-0.1, -0.05) is 216 Å². The van der Waals surface area contributed by atoms with Crippen molar-refractivity contribution in [2.24, 2.45) is 0 Å². The predicted octanol–water partition coefficient (Wildman–Crippen LogP) is 17.3. The van der Waals surface area contributed by atoms with E-state index < -0.39 is 6.10 Å². The van der Waals surface area contributed by atoms with Crippen LogP contribution < -0.4 is 0 Å². The first-order valence-electron chi connectivity index (χ1n) is 26.3. The minimum absolute atomic E-state index is 0.0781. The molecule has 0 bridgehead atoms. The Labute approximate surface area is 383 Å². The molecule has 0 spiro atoms. The number of rotatable bonds is 47. The SMILES string of the molecule is CC/C=C\C/C=C\C/C=C\C/C=C\CCCCCCCCCCC(=O)OCC(COC(=O)CCCCCCCCCCCCC)OC(=O)CCCCCCC/C=C\CCCCC. The molecular weight excluding hydrogens is 769 g/mol. The van der Waals surface area contributed by atoms with E-state index in [9.17, 15) is 14.4 Å². The third kappa shape index (κ3) is 48.1. The maximum atomic E-state index is 12.8. The fourth-order valence-corrected chi connectivity index (χ4v) is 7.31. The molecule has 0 rings (SSSR count). The number of hydrogen-bond acceptors (Lipinski definition) is 6. The third-order valence-corrected chi connectivity index (χ3v) is 11.3. The lowest BCUT2D eigenvalue weighted by molar-refractivity contribution is -0.167. The Morgan fingerprint density at radius 1 is 0.339 bits per heavy atom. The van der Waals surface area contributed by atoms with Gasteiger partial charge < -0.3 is 14.2 Å². The number of carbonyl (C=O) groups excluding carboxylic acids is 3. The highest BCUT2D eigenvalue weighted by Crippen LogP contribution is 2.15. The summed E-state index contributed by atoms with van der Waals surface area (Å²) < 4.78 is 16.8. The minimum atomic E-state index is -0.778. The van der Waals surface area contributed by atoms with E-state index in [1.165, 1.54) is 116 Å². The molecule has 0 N–H and O–H groups in total. The van der Waals surface area contributed by atoms with Crippen LogP contribution in [-0.4, -0.2) is 37.2 Å². The number of ether oxygens (including phenoxy) is 3. The quantitative estimate of drug-likeness (QED) is 0.0262. The highest BCUT2D eigenvalue weighted by atomic mass is 16.6. The second-order valence-electron chi connectivity index (χ2n) is 17.4. The number of allylic oxidation sites excluding steroid dienone is 10. The molecule has 0 amide bonds. The van der Waals surface area contributed by atoms with Crippen molar-refractivity contribution >= 4 is 17.9 Å². The van der Waals surface area contributed by atoms with Gasteiger partial charge >= 0.3 is 17.9 Å². The summed E-state index contributed by atoms with van der Waals surface area (Å²) >= 11 is 0. The van der Waals surface area contributed by atoms with Crippen molar-refractivity contribution < 1.29 is 28.6 Å². The van der Waals surface area contributed by atoms with Crippen molar-refractivity contribution in [3.05, 3.63) is 60.8 Å². The Hall–Kier alpha value is -2.89. The van der Waals surface area contributed by atoms with Crippen molar-refractivity contribution in [3.8, 4) is 0 Å². The zero-order chi connectivity index (χ0) is 45.1. The second-order valence-corrected chi connectivity index (χ2v) is 17.4. The van der Waals surface area contributed by atoms with Gasteiger partial charge in [0.1, 0.15) is 13.2 Å². The number of esters is 3. The molecular formula is C56H98O6. The first kappa shape index (κ1) is 59.1. The van der Waals surface area contributed by atoms with Gasteiger partial charge in [0.25, 0.3) is 0 Å². The van der Waals surface area contributed by atoms with Gasteiger partial charge in [-0.05, 0) is 83.5 Å². The third-order valence-electron chi connectivity index (χ3n) is 11.3. The lowest BCUT2D eigenvalue weighted by Gasteiger charge is -2.18. The van der Waals surface area contributed by atoms with Crippen LogP contribution in [0.25, 0.3) is 0 Å². The van der Waals surface area contributed by atoms with Crippen LogP contribution in [0.15, 0.2) is 60.8 Å². The summed E-state index contributed by atoms with van der Waals surface area (Å²) in [5.41, 5.74) is 0. The normalized spacial score (nSPS) is 12.5. The van der Waals surface area contributed by atoms with Crippen molar-refractivity contribution in [1.29, 1.82) is 0 Å². The molecule has 0 aliphatic carbocycles. The van der Waals surface area contributed by atoms with E-state index in [2.05, 4.69) is 81.5 Å². The largest absolute Gasteiger partial charge is 0.462 e. The van der Waals surface area contributed by atoms with Crippen LogP contribution in [0.4, 0.5) is 0 Å². The molecule has 1 atom stereocenters. The summed E-state index contributed by atoms with van der Waals surface area (Å²) in [7, 11) is 0. The fraction of sp³-hybridized carbons (Fsp3) is 0.768. The highest BCUT2D eigenvalue weighted by molar-refractivity contribution is 5.71. The van der Waals surface area contributed by atoms with Crippen molar-refractivity contribution in [3.63, 3.8) is 0 Å². The van der Waals surface area contributed by atoms with Crippen molar-refractivity contribution in [1.82, 2.24) is 0 Å². The molecule has 0 aliphatic heterocycles. The summed E-state index contributed by atoms with van der Waals surface area (Å²) in [5, 5.41) is 0. The van der Waals surface area contributed by atoms with Gasteiger partial charge in [-0.2, -0.15) is 0 Å². The summed E-state index contributed by atoms with van der Waals surface area (Å²) in [6, 6.07) is 0. The van der Waals surface area contributed by atoms with E-state index in [1.807, 2.05) is 0 Å². The Bertz CT molecular complexity index is 1130. The molecule has 0 fully saturated rings. The van der Waals surface area contributed by atoms with Crippen LogP contribution in [0.5, 0.6) is 0 Å². The number of carbonyl (C=O) groups is 3. The monoisotopic (exact) mass is 867 g/mol. The number of hydrogen-bond donors (Lipinski definition) is 0. The molecule has 0 heterocycles. The highest BCUT2D eigenvalue weighted by Gasteiger charge is 2.19. The molecule has 62 heavy (non-hydrogen) atoms. The average molecular weight is 867 g/mol. The van der Waals surface area contributed by atoms with Gasteiger partial charge in [-0.15, -0.1) is 0 Å². The van der Waals surface area contributed by atoms with Gasteiger partial charge in [0, 0.05) is 19.3 Å². The Morgan fingerprint density at radius 3 is 1.03 bits per heavy atom. The Kier molecular flexibility index (Phi) is 48.4. The summed E-state index contributed by atoms with van der Waals surface area (Å²) in [6.07, 6.45) is 62.0. The smallest absolute Gasteiger partial charge is 0.306 e. The van der Waals surface area contributed by atoms with Gasteiger partial charge in [0.2, 0.25) is 0 Å². The van der Waals surface area contributed by atoms with E-state index >= 15 is 0 Å². The van der Waals surface area contributed by atoms with Crippen LogP contribution in [0, 0.1) is 0 Å². The lowest BCUT2D eigenvalue weighted by Crippen LogP contribution is -2.30. The van der Waals surface area contributed by atoms with Crippen LogP contribution in [-0.2, 0) is 28.6 Å². The summed E-state index contributed by atoms with van der Waals surface area (Å²) in [5.74, 6) is -0.892. The van der Waals surface area contributed by atoms with E-state index in [4.69, 9.17) is 14.2 Å². The van der Waals surface area contributed by atoms with Crippen LogP contribution in [0.3, 0.4) is 0 Å². The van der Waals surface area contributed by atoms with Gasteiger partial charge in [-0.3, -0.25) is 14.4 Å². The van der Waals surface area contributed by atoms with Gasteiger partial charge in [0.05, 0.1) is 0 Å². The molecule has 0 aliphatic rings. The van der Waals surface area contributed by atoms with Gasteiger partial charge in [0.15, 0.2) is 6.10 Å². The lowest BCUT2D eigenvalue weighted by atomic mass is 10.1. The van der Waals surface area contributed by atoms with Crippen LogP contribution >= 0.6 is 0 Å². The van der Waals surface area contributed by atoms with Crippen molar-refractivity contribution in [2.45, 2.75) is 264 Å². The van der Waals surface area contributed by atoms with E-state index in [0.29, 0.717) is 19.3 Å². The maximum Gasteiger partial charge on any atom is 0.306 e. The Balaban J connectivity index is 4.31. The Morgan fingerprint density at radius 2 is 0.629 bits per heavy atom. The maximum absolute atomic E-state index is 12.8. The minimum Gasteiger partial charge on any atom is -0.462 e. The number of unbranched alkanes of at least 4 members (excludes halogenated alkanes) is 26. The standard InChI is InChI=1S/C56H98O6/c1-4-7-10-13-16-19-22-24-25-26-27-28-29-30-31-32-35-37-40-43-46-49-55(58)61-52-53(51-60-54(57)48-45-42-39-36-33-21-18-15-12-9-6-3)62-56(59)50-47-44-41-38-34-23-20-17-14-11-8-5-2/h7,10,16-17,19-20,24-25,27-28,53H,4-6,8-9,11-15,18,21-23,26,29-52H2,1-3H3/b10-7-,19-16-,20-17-,25-24-,28-27-. The molecule has 6 nitrogen and oxygen atoms in total. The van der Waals surface area contributed by atoms with Crippen molar-refractivity contribution in [2.75, 3.05) is 13.2 Å². The fourth-order valence-electron chi connectivity index (χ4n) is 7.31. The molecule has 0 saturated heterocycles. The molecule has 0 aromatic carbocycles. The van der Waals surface area contributed by atoms with Crippen LogP contribution in [0.1, 0.15) is 258 Å². The van der Waals surface area contributed by atoms with Crippen LogP contribution in [0.2, 0.25) is 0 Å². The summed E-state index contributed by atoms with van der Waals surface area (Å²) in [6.45, 7) is 6.49. The molecule has 358 valence electrons. The first-order valence-corrected chi connectivity index (χ1v) is 26.3. The summed E-state index contributed by atoms with van der Waals surface area (Å²) in [4.78, 5) is 37.9. The van der Waals surface area contributed by atoms with Gasteiger partial charge in [-0.25, -0.2) is 0 Å². The average Bonchev–Trinajstić information content (AvgIpc) is 3.27. The topological polar surface area (TPSA) is 78.9 Å². The molecule has 1 unspecified atom stereocenters.